The SMILES string of the molecule is CCC(=O)N1CCc2[nH]cnc2C12CCN(CC=Cc1ccccc1)CC2. The number of rotatable bonds is 4. The average molecular weight is 364 g/mol. The molecule has 0 saturated carbocycles. The lowest BCUT2D eigenvalue weighted by atomic mass is 9.78. The number of amides is 1. The summed E-state index contributed by atoms with van der Waals surface area (Å²) in [6.45, 7) is 5.67. The fourth-order valence-corrected chi connectivity index (χ4v) is 4.55. The van der Waals surface area contributed by atoms with Gasteiger partial charge in [0.25, 0.3) is 0 Å². The first-order valence-electron chi connectivity index (χ1n) is 10.00. The number of aromatic nitrogens is 2. The van der Waals surface area contributed by atoms with Gasteiger partial charge in [-0.3, -0.25) is 9.69 Å². The molecule has 1 aromatic carbocycles. The second kappa shape index (κ2) is 7.69. The highest BCUT2D eigenvalue weighted by atomic mass is 16.2. The summed E-state index contributed by atoms with van der Waals surface area (Å²) in [5.74, 6) is 0.251. The molecular formula is C22H28N4O. The predicted molar refractivity (Wildman–Crippen MR) is 107 cm³/mol. The van der Waals surface area contributed by atoms with Gasteiger partial charge in [-0.25, -0.2) is 4.98 Å². The number of nitrogens with zero attached hydrogens (tertiary/aromatic N) is 3. The molecule has 3 heterocycles. The molecule has 1 fully saturated rings. The Hall–Kier alpha value is -2.40. The van der Waals surface area contributed by atoms with Gasteiger partial charge < -0.3 is 9.88 Å². The Morgan fingerprint density at radius 1 is 1.22 bits per heavy atom. The minimum atomic E-state index is -0.222. The number of hydrogen-bond acceptors (Lipinski definition) is 3. The van der Waals surface area contributed by atoms with E-state index in [4.69, 9.17) is 0 Å². The van der Waals surface area contributed by atoms with Crippen LogP contribution in [0.4, 0.5) is 0 Å². The predicted octanol–water partition coefficient (Wildman–Crippen LogP) is 3.21. The molecule has 0 unspecified atom stereocenters. The number of fused-ring (bicyclic) bond motifs is 2. The number of nitrogens with one attached hydrogen (secondary N) is 1. The maximum Gasteiger partial charge on any atom is 0.223 e. The topological polar surface area (TPSA) is 52.2 Å². The van der Waals surface area contributed by atoms with Gasteiger partial charge in [-0.1, -0.05) is 49.4 Å². The number of carbonyl (C=O) groups excluding carboxylic acids is 1. The van der Waals surface area contributed by atoms with E-state index in [1.807, 2.05) is 13.0 Å². The van der Waals surface area contributed by atoms with Gasteiger partial charge in [-0.15, -0.1) is 0 Å². The highest BCUT2D eigenvalue weighted by Gasteiger charge is 2.47. The Labute approximate surface area is 161 Å². The Kier molecular flexibility index (Phi) is 5.12. The lowest BCUT2D eigenvalue weighted by molar-refractivity contribution is -0.141. The van der Waals surface area contributed by atoms with Crippen LogP contribution in [0.1, 0.15) is 43.1 Å². The third kappa shape index (κ3) is 3.44. The molecule has 5 nitrogen and oxygen atoms in total. The van der Waals surface area contributed by atoms with Crippen molar-refractivity contribution in [2.45, 2.75) is 38.1 Å². The summed E-state index contributed by atoms with van der Waals surface area (Å²) in [5.41, 5.74) is 3.34. The van der Waals surface area contributed by atoms with Crippen LogP contribution in [0.2, 0.25) is 0 Å². The first-order chi connectivity index (χ1) is 13.2. The zero-order chi connectivity index (χ0) is 18.7. The number of H-pyrrole nitrogens is 1. The van der Waals surface area contributed by atoms with Crippen molar-refractivity contribution < 1.29 is 4.79 Å². The van der Waals surface area contributed by atoms with Crippen molar-refractivity contribution in [3.63, 3.8) is 0 Å². The fourth-order valence-electron chi connectivity index (χ4n) is 4.55. The van der Waals surface area contributed by atoms with Gasteiger partial charge in [0.05, 0.1) is 17.6 Å². The molecule has 27 heavy (non-hydrogen) atoms. The van der Waals surface area contributed by atoms with Crippen molar-refractivity contribution in [3.8, 4) is 0 Å². The normalized spacial score (nSPS) is 19.5. The first kappa shape index (κ1) is 18.0. The smallest absolute Gasteiger partial charge is 0.223 e. The van der Waals surface area contributed by atoms with Crippen molar-refractivity contribution in [1.82, 2.24) is 19.8 Å². The maximum absolute atomic E-state index is 12.6. The molecule has 2 aliphatic rings. The van der Waals surface area contributed by atoms with E-state index in [0.29, 0.717) is 6.42 Å². The second-order valence-corrected chi connectivity index (χ2v) is 7.52. The summed E-state index contributed by atoms with van der Waals surface area (Å²) in [7, 11) is 0. The first-order valence-corrected chi connectivity index (χ1v) is 10.00. The molecule has 1 saturated heterocycles. The fraction of sp³-hybridized carbons (Fsp3) is 0.455. The van der Waals surface area contributed by atoms with E-state index < -0.39 is 0 Å². The quantitative estimate of drug-likeness (QED) is 0.906. The molecule has 5 heteroatoms. The summed E-state index contributed by atoms with van der Waals surface area (Å²) in [6, 6.07) is 10.4. The van der Waals surface area contributed by atoms with E-state index in [1.54, 1.807) is 6.33 Å². The van der Waals surface area contributed by atoms with Crippen molar-refractivity contribution in [2.24, 2.45) is 0 Å². The number of hydrogen-bond donors (Lipinski definition) is 1. The van der Waals surface area contributed by atoms with Crippen LogP contribution in [-0.4, -0.2) is 51.9 Å². The van der Waals surface area contributed by atoms with Crippen LogP contribution in [0, 0.1) is 0 Å². The number of likely N-dealkylation sites (tertiary alicyclic amines) is 1. The van der Waals surface area contributed by atoms with Crippen LogP contribution in [0.25, 0.3) is 6.08 Å². The number of imidazole rings is 1. The van der Waals surface area contributed by atoms with Gasteiger partial charge >= 0.3 is 0 Å². The molecule has 1 spiro atoms. The van der Waals surface area contributed by atoms with Crippen LogP contribution < -0.4 is 0 Å². The van der Waals surface area contributed by atoms with Crippen molar-refractivity contribution >= 4 is 12.0 Å². The van der Waals surface area contributed by atoms with Crippen molar-refractivity contribution in [2.75, 3.05) is 26.2 Å². The van der Waals surface area contributed by atoms with Gasteiger partial charge in [0, 0.05) is 44.7 Å². The van der Waals surface area contributed by atoms with Crippen LogP contribution in [0.5, 0.6) is 0 Å². The van der Waals surface area contributed by atoms with Gasteiger partial charge in [0.15, 0.2) is 0 Å². The third-order valence-corrected chi connectivity index (χ3v) is 6.02. The summed E-state index contributed by atoms with van der Waals surface area (Å²) in [4.78, 5) is 25.2. The highest BCUT2D eigenvalue weighted by Crippen LogP contribution is 2.42. The molecule has 1 amide bonds. The molecule has 0 bridgehead atoms. The van der Waals surface area contributed by atoms with E-state index in [1.165, 1.54) is 11.3 Å². The molecule has 4 rings (SSSR count). The van der Waals surface area contributed by atoms with Crippen LogP contribution in [0.15, 0.2) is 42.7 Å². The molecule has 2 aliphatic heterocycles. The molecule has 142 valence electrons. The zero-order valence-electron chi connectivity index (χ0n) is 16.0. The lowest BCUT2D eigenvalue weighted by Crippen LogP contribution is -2.58. The van der Waals surface area contributed by atoms with Crippen molar-refractivity contribution in [1.29, 1.82) is 0 Å². The zero-order valence-corrected chi connectivity index (χ0v) is 16.0. The van der Waals surface area contributed by atoms with Crippen molar-refractivity contribution in [3.05, 3.63) is 59.7 Å². The maximum atomic E-state index is 12.6. The standard InChI is InChI=1S/C22H28N4O/c1-2-20(27)26-14-10-19-21(24-17-23-19)22(26)11-15-25(16-12-22)13-6-9-18-7-4-3-5-8-18/h3-9,17H,2,10-16H2,1H3,(H,23,24). The molecular weight excluding hydrogens is 336 g/mol. The Morgan fingerprint density at radius 2 is 2.00 bits per heavy atom. The van der Waals surface area contributed by atoms with E-state index in [2.05, 4.69) is 56.2 Å². The summed E-state index contributed by atoms with van der Waals surface area (Å²) in [6.07, 6.45) is 9.57. The molecule has 0 aliphatic carbocycles. The highest BCUT2D eigenvalue weighted by molar-refractivity contribution is 5.77. The minimum Gasteiger partial charge on any atom is -0.348 e. The van der Waals surface area contributed by atoms with E-state index in [0.717, 1.165) is 51.1 Å². The minimum absolute atomic E-state index is 0.222. The van der Waals surface area contributed by atoms with Crippen LogP contribution >= 0.6 is 0 Å². The third-order valence-electron chi connectivity index (χ3n) is 6.02. The Morgan fingerprint density at radius 3 is 2.74 bits per heavy atom. The monoisotopic (exact) mass is 364 g/mol. The summed E-state index contributed by atoms with van der Waals surface area (Å²) in [5, 5.41) is 0. The number of piperidine rings is 1. The largest absolute Gasteiger partial charge is 0.348 e. The Bertz CT molecular complexity index is 803. The van der Waals surface area contributed by atoms with Gasteiger partial charge in [0.1, 0.15) is 0 Å². The lowest BCUT2D eigenvalue weighted by Gasteiger charge is -2.50. The van der Waals surface area contributed by atoms with E-state index in [-0.39, 0.29) is 11.4 Å². The molecule has 1 N–H and O–H groups in total. The molecule has 0 radical (unpaired) electrons. The summed E-state index contributed by atoms with van der Waals surface area (Å²) >= 11 is 0. The number of carbonyl (C=O) groups is 1. The van der Waals surface area contributed by atoms with Gasteiger partial charge in [-0.05, 0) is 18.4 Å². The molecule has 1 aromatic heterocycles. The Balaban J connectivity index is 1.46. The number of aromatic amines is 1. The van der Waals surface area contributed by atoms with Gasteiger partial charge in [0.2, 0.25) is 5.91 Å². The number of benzene rings is 1. The summed E-state index contributed by atoms with van der Waals surface area (Å²) < 4.78 is 0. The van der Waals surface area contributed by atoms with E-state index in [9.17, 15) is 4.79 Å². The van der Waals surface area contributed by atoms with Gasteiger partial charge in [-0.2, -0.15) is 0 Å². The second-order valence-electron chi connectivity index (χ2n) is 7.52. The van der Waals surface area contributed by atoms with Crippen LogP contribution in [0.3, 0.4) is 0 Å². The van der Waals surface area contributed by atoms with Crippen LogP contribution in [-0.2, 0) is 16.8 Å². The molecule has 0 atom stereocenters. The molecule has 2 aromatic rings. The van der Waals surface area contributed by atoms with E-state index >= 15 is 0 Å². The average Bonchev–Trinajstić information content (AvgIpc) is 3.20.